The molecule has 0 aliphatic rings. The molecule has 2 nitrogen and oxygen atoms in total. The van der Waals surface area contributed by atoms with Crippen LogP contribution < -0.4 is 5.32 Å². The summed E-state index contributed by atoms with van der Waals surface area (Å²) in [6.07, 6.45) is 4.48. The SMILES string of the molecule is CCCCSCCNCc1ccccn1. The molecular weight excluding hydrogens is 204 g/mol. The van der Waals surface area contributed by atoms with E-state index in [9.17, 15) is 0 Å². The fourth-order valence-electron chi connectivity index (χ4n) is 1.21. The smallest absolute Gasteiger partial charge is 0.0541 e. The highest BCUT2D eigenvalue weighted by Crippen LogP contribution is 2.02. The summed E-state index contributed by atoms with van der Waals surface area (Å²) in [6.45, 7) is 4.19. The number of unbranched alkanes of at least 4 members (excludes halogenated alkanes) is 1. The summed E-state index contributed by atoms with van der Waals surface area (Å²) in [7, 11) is 0. The molecular formula is C12H20N2S. The second-order valence-corrected chi connectivity index (χ2v) is 4.69. The van der Waals surface area contributed by atoms with E-state index >= 15 is 0 Å². The minimum absolute atomic E-state index is 0.884. The number of pyridine rings is 1. The first-order chi connectivity index (χ1) is 7.43. The van der Waals surface area contributed by atoms with Crippen LogP contribution in [0.1, 0.15) is 25.5 Å². The van der Waals surface area contributed by atoms with Crippen molar-refractivity contribution in [2.45, 2.75) is 26.3 Å². The highest BCUT2D eigenvalue weighted by atomic mass is 32.2. The molecule has 0 aliphatic carbocycles. The maximum atomic E-state index is 4.26. The Balaban J connectivity index is 1.93. The van der Waals surface area contributed by atoms with Gasteiger partial charge in [-0.25, -0.2) is 0 Å². The van der Waals surface area contributed by atoms with Crippen LogP contribution in [0.2, 0.25) is 0 Å². The molecule has 0 saturated carbocycles. The van der Waals surface area contributed by atoms with Gasteiger partial charge in [0, 0.05) is 25.0 Å². The van der Waals surface area contributed by atoms with Crippen molar-refractivity contribution >= 4 is 11.8 Å². The van der Waals surface area contributed by atoms with Crippen molar-refractivity contribution in [3.05, 3.63) is 30.1 Å². The fourth-order valence-corrected chi connectivity index (χ4v) is 2.20. The largest absolute Gasteiger partial charge is 0.310 e. The van der Waals surface area contributed by atoms with Crippen LogP contribution >= 0.6 is 11.8 Å². The van der Waals surface area contributed by atoms with Crippen LogP contribution in [0.25, 0.3) is 0 Å². The lowest BCUT2D eigenvalue weighted by Crippen LogP contribution is -2.17. The summed E-state index contributed by atoms with van der Waals surface area (Å²) in [5.74, 6) is 2.49. The van der Waals surface area contributed by atoms with Crippen LogP contribution in [0, 0.1) is 0 Å². The zero-order valence-electron chi connectivity index (χ0n) is 9.41. The molecule has 0 amide bonds. The van der Waals surface area contributed by atoms with Gasteiger partial charge in [0.15, 0.2) is 0 Å². The van der Waals surface area contributed by atoms with Gasteiger partial charge in [0.2, 0.25) is 0 Å². The van der Waals surface area contributed by atoms with Gasteiger partial charge >= 0.3 is 0 Å². The lowest BCUT2D eigenvalue weighted by molar-refractivity contribution is 0.715. The van der Waals surface area contributed by atoms with E-state index < -0.39 is 0 Å². The Hall–Kier alpha value is -0.540. The Labute approximate surface area is 96.9 Å². The molecule has 0 radical (unpaired) electrons. The van der Waals surface area contributed by atoms with Crippen molar-refractivity contribution in [3.8, 4) is 0 Å². The van der Waals surface area contributed by atoms with Crippen molar-refractivity contribution in [2.24, 2.45) is 0 Å². The molecule has 0 aliphatic heterocycles. The Kier molecular flexibility index (Phi) is 7.30. The molecule has 1 heterocycles. The van der Waals surface area contributed by atoms with E-state index in [0.717, 1.165) is 18.8 Å². The average Bonchev–Trinajstić information content (AvgIpc) is 2.29. The Morgan fingerprint density at radius 2 is 2.27 bits per heavy atom. The molecule has 0 atom stereocenters. The second kappa shape index (κ2) is 8.74. The van der Waals surface area contributed by atoms with E-state index in [0.29, 0.717) is 0 Å². The number of rotatable bonds is 8. The second-order valence-electron chi connectivity index (χ2n) is 3.46. The Morgan fingerprint density at radius 3 is 3.00 bits per heavy atom. The fraction of sp³-hybridized carbons (Fsp3) is 0.583. The van der Waals surface area contributed by atoms with Crippen LogP contribution in [0.5, 0.6) is 0 Å². The topological polar surface area (TPSA) is 24.9 Å². The first-order valence-electron chi connectivity index (χ1n) is 5.62. The van der Waals surface area contributed by atoms with E-state index in [2.05, 4.69) is 23.3 Å². The van der Waals surface area contributed by atoms with Gasteiger partial charge in [0.05, 0.1) is 5.69 Å². The zero-order chi connectivity index (χ0) is 10.8. The molecule has 1 N–H and O–H groups in total. The number of aromatic nitrogens is 1. The van der Waals surface area contributed by atoms with Gasteiger partial charge in [0.25, 0.3) is 0 Å². The number of hydrogen-bond donors (Lipinski definition) is 1. The molecule has 0 unspecified atom stereocenters. The summed E-state index contributed by atoms with van der Waals surface area (Å²) in [4.78, 5) is 4.26. The molecule has 0 saturated heterocycles. The predicted molar refractivity (Wildman–Crippen MR) is 68.2 cm³/mol. The van der Waals surface area contributed by atoms with E-state index in [-0.39, 0.29) is 0 Å². The minimum Gasteiger partial charge on any atom is -0.310 e. The Morgan fingerprint density at radius 1 is 1.33 bits per heavy atom. The highest BCUT2D eigenvalue weighted by molar-refractivity contribution is 7.99. The lowest BCUT2D eigenvalue weighted by Gasteiger charge is -2.03. The molecule has 15 heavy (non-hydrogen) atoms. The van der Waals surface area contributed by atoms with Crippen LogP contribution in [0.15, 0.2) is 24.4 Å². The zero-order valence-corrected chi connectivity index (χ0v) is 10.2. The van der Waals surface area contributed by atoms with Gasteiger partial charge in [-0.05, 0) is 24.3 Å². The number of thioether (sulfide) groups is 1. The molecule has 0 aromatic carbocycles. The van der Waals surface area contributed by atoms with Gasteiger partial charge in [-0.1, -0.05) is 19.4 Å². The minimum atomic E-state index is 0.884. The maximum Gasteiger partial charge on any atom is 0.0541 e. The van der Waals surface area contributed by atoms with Gasteiger partial charge in [0.1, 0.15) is 0 Å². The van der Waals surface area contributed by atoms with Crippen molar-refractivity contribution in [3.63, 3.8) is 0 Å². The average molecular weight is 224 g/mol. The van der Waals surface area contributed by atoms with Crippen molar-refractivity contribution in [1.29, 1.82) is 0 Å². The van der Waals surface area contributed by atoms with Crippen molar-refractivity contribution in [2.75, 3.05) is 18.1 Å². The van der Waals surface area contributed by atoms with E-state index in [4.69, 9.17) is 0 Å². The number of hydrogen-bond acceptors (Lipinski definition) is 3. The van der Waals surface area contributed by atoms with Crippen LogP contribution in [-0.4, -0.2) is 23.0 Å². The molecule has 1 aromatic heterocycles. The lowest BCUT2D eigenvalue weighted by atomic mass is 10.3. The molecule has 0 bridgehead atoms. The first kappa shape index (κ1) is 12.5. The molecule has 0 fully saturated rings. The first-order valence-corrected chi connectivity index (χ1v) is 6.77. The number of nitrogens with zero attached hydrogens (tertiary/aromatic N) is 1. The third-order valence-corrected chi connectivity index (χ3v) is 3.17. The van der Waals surface area contributed by atoms with Gasteiger partial charge in [-0.15, -0.1) is 0 Å². The van der Waals surface area contributed by atoms with Crippen LogP contribution in [0.4, 0.5) is 0 Å². The number of nitrogens with one attached hydrogen (secondary N) is 1. The monoisotopic (exact) mass is 224 g/mol. The van der Waals surface area contributed by atoms with E-state index in [1.807, 2.05) is 30.1 Å². The van der Waals surface area contributed by atoms with Crippen LogP contribution in [0.3, 0.4) is 0 Å². The normalized spacial score (nSPS) is 10.5. The van der Waals surface area contributed by atoms with E-state index in [1.165, 1.54) is 24.3 Å². The predicted octanol–water partition coefficient (Wildman–Crippen LogP) is 2.70. The van der Waals surface area contributed by atoms with Gasteiger partial charge < -0.3 is 5.32 Å². The summed E-state index contributed by atoms with van der Waals surface area (Å²) >= 11 is 2.03. The summed E-state index contributed by atoms with van der Waals surface area (Å²) < 4.78 is 0. The third kappa shape index (κ3) is 6.52. The summed E-state index contributed by atoms with van der Waals surface area (Å²) in [6, 6.07) is 6.03. The van der Waals surface area contributed by atoms with Crippen LogP contribution in [-0.2, 0) is 6.54 Å². The van der Waals surface area contributed by atoms with E-state index in [1.54, 1.807) is 0 Å². The molecule has 3 heteroatoms. The molecule has 0 spiro atoms. The van der Waals surface area contributed by atoms with Crippen molar-refractivity contribution < 1.29 is 0 Å². The maximum absolute atomic E-state index is 4.26. The highest BCUT2D eigenvalue weighted by Gasteiger charge is 1.92. The standard InChI is InChI=1S/C12H20N2S/c1-2-3-9-15-10-8-13-11-12-6-4-5-7-14-12/h4-7,13H,2-3,8-11H2,1H3. The third-order valence-electron chi connectivity index (χ3n) is 2.10. The summed E-state index contributed by atoms with van der Waals surface area (Å²) in [5.41, 5.74) is 1.12. The summed E-state index contributed by atoms with van der Waals surface area (Å²) in [5, 5.41) is 3.40. The molecule has 84 valence electrons. The molecule has 1 aromatic rings. The quantitative estimate of drug-likeness (QED) is 0.687. The van der Waals surface area contributed by atoms with Gasteiger partial charge in [-0.2, -0.15) is 11.8 Å². The molecule has 1 rings (SSSR count). The Bertz CT molecular complexity index is 239. The van der Waals surface area contributed by atoms with Crippen molar-refractivity contribution in [1.82, 2.24) is 10.3 Å². The van der Waals surface area contributed by atoms with Gasteiger partial charge in [-0.3, -0.25) is 4.98 Å².